The highest BCUT2D eigenvalue weighted by Gasteiger charge is 2.27. The van der Waals surface area contributed by atoms with E-state index >= 15 is 0 Å². The molecule has 1 saturated carbocycles. The Balaban J connectivity index is 1.78. The molecule has 0 spiro atoms. The first-order chi connectivity index (χ1) is 12.5. The van der Waals surface area contributed by atoms with Crippen molar-refractivity contribution in [3.8, 4) is 0 Å². The summed E-state index contributed by atoms with van der Waals surface area (Å²) in [7, 11) is -0.857. The van der Waals surface area contributed by atoms with E-state index in [0.717, 1.165) is 44.5 Å². The van der Waals surface area contributed by atoms with Crippen LogP contribution in [-0.2, 0) is 10.0 Å². The monoisotopic (exact) mass is 387 g/mol. The number of hydrogen-bond acceptors (Lipinski definition) is 4. The van der Waals surface area contributed by atoms with Crippen molar-refractivity contribution in [2.24, 2.45) is 4.99 Å². The molecule has 152 valence electrons. The molecule has 1 heterocycles. The van der Waals surface area contributed by atoms with E-state index in [2.05, 4.69) is 29.5 Å². The molecule has 26 heavy (non-hydrogen) atoms. The molecule has 0 aromatic heterocycles. The van der Waals surface area contributed by atoms with Gasteiger partial charge >= 0.3 is 0 Å². The molecule has 7 nitrogen and oxygen atoms in total. The third kappa shape index (κ3) is 6.39. The lowest BCUT2D eigenvalue weighted by Crippen LogP contribution is -2.50. The topological polar surface area (TPSA) is 77.0 Å². The Kier molecular flexibility index (Phi) is 8.63. The van der Waals surface area contributed by atoms with Crippen molar-refractivity contribution < 1.29 is 8.42 Å². The third-order valence-electron chi connectivity index (χ3n) is 5.57. The van der Waals surface area contributed by atoms with Crippen molar-refractivity contribution in [1.29, 1.82) is 0 Å². The van der Waals surface area contributed by atoms with Crippen LogP contribution in [0.15, 0.2) is 4.99 Å². The summed E-state index contributed by atoms with van der Waals surface area (Å²) in [5.74, 6) is 1.04. The molecule has 2 aliphatic rings. The van der Waals surface area contributed by atoms with Crippen LogP contribution in [0.25, 0.3) is 0 Å². The summed E-state index contributed by atoms with van der Waals surface area (Å²) in [4.78, 5) is 7.16. The van der Waals surface area contributed by atoms with Gasteiger partial charge in [0.25, 0.3) is 0 Å². The minimum atomic E-state index is -3.06. The van der Waals surface area contributed by atoms with Crippen LogP contribution in [0.5, 0.6) is 0 Å². The Morgan fingerprint density at radius 3 is 2.38 bits per heavy atom. The van der Waals surface area contributed by atoms with Gasteiger partial charge in [-0.05, 0) is 46.6 Å². The third-order valence-corrected chi connectivity index (χ3v) is 7.45. The Morgan fingerprint density at radius 2 is 1.81 bits per heavy atom. The van der Waals surface area contributed by atoms with E-state index in [0.29, 0.717) is 13.1 Å². The van der Waals surface area contributed by atoms with Crippen LogP contribution < -0.4 is 10.6 Å². The molecular formula is C18H37N5O2S. The van der Waals surface area contributed by atoms with Crippen LogP contribution in [0.1, 0.15) is 52.4 Å². The summed E-state index contributed by atoms with van der Waals surface area (Å²) in [6.45, 7) is 7.55. The second-order valence-corrected chi connectivity index (χ2v) is 9.66. The maximum absolute atomic E-state index is 12.0. The van der Waals surface area contributed by atoms with Crippen molar-refractivity contribution in [2.75, 3.05) is 45.5 Å². The molecule has 0 aromatic rings. The Morgan fingerprint density at radius 1 is 1.15 bits per heavy atom. The molecule has 2 N–H and O–H groups in total. The van der Waals surface area contributed by atoms with Crippen molar-refractivity contribution in [2.45, 2.75) is 64.5 Å². The van der Waals surface area contributed by atoms with Crippen LogP contribution in [0, 0.1) is 0 Å². The van der Waals surface area contributed by atoms with Crippen molar-refractivity contribution in [3.63, 3.8) is 0 Å². The molecule has 0 amide bonds. The van der Waals surface area contributed by atoms with E-state index in [9.17, 15) is 8.42 Å². The van der Waals surface area contributed by atoms with Gasteiger partial charge in [0.2, 0.25) is 10.0 Å². The van der Waals surface area contributed by atoms with Gasteiger partial charge in [0, 0.05) is 38.3 Å². The second kappa shape index (κ2) is 10.5. The average molecular weight is 388 g/mol. The lowest BCUT2D eigenvalue weighted by atomic mass is 10.1. The summed E-state index contributed by atoms with van der Waals surface area (Å²) in [6.07, 6.45) is 7.00. The average Bonchev–Trinajstić information content (AvgIpc) is 3.17. The van der Waals surface area contributed by atoms with Gasteiger partial charge in [-0.3, -0.25) is 4.99 Å². The fourth-order valence-corrected chi connectivity index (χ4v) is 4.95. The van der Waals surface area contributed by atoms with E-state index in [-0.39, 0.29) is 11.8 Å². The first-order valence-electron chi connectivity index (χ1n) is 10.2. The van der Waals surface area contributed by atoms with Gasteiger partial charge in [-0.2, -0.15) is 0 Å². The lowest BCUT2D eigenvalue weighted by Gasteiger charge is -2.32. The van der Waals surface area contributed by atoms with Crippen molar-refractivity contribution in [3.05, 3.63) is 0 Å². The van der Waals surface area contributed by atoms with Crippen molar-refractivity contribution >= 4 is 16.0 Å². The smallest absolute Gasteiger partial charge is 0.213 e. The molecule has 0 radical (unpaired) electrons. The van der Waals surface area contributed by atoms with Crippen LogP contribution in [0.2, 0.25) is 0 Å². The molecule has 0 unspecified atom stereocenters. The van der Waals surface area contributed by atoms with E-state index in [1.807, 2.05) is 0 Å². The summed E-state index contributed by atoms with van der Waals surface area (Å²) in [6, 6.07) is 1.01. The maximum atomic E-state index is 12.0. The van der Waals surface area contributed by atoms with Gasteiger partial charge in [-0.15, -0.1) is 0 Å². The Hall–Kier alpha value is -0.860. The molecule has 0 atom stereocenters. The van der Waals surface area contributed by atoms with E-state index in [1.54, 1.807) is 11.2 Å². The highest BCUT2D eigenvalue weighted by Crippen LogP contribution is 2.21. The largest absolute Gasteiger partial charge is 0.357 e. The lowest BCUT2D eigenvalue weighted by molar-refractivity contribution is 0.252. The summed E-state index contributed by atoms with van der Waals surface area (Å²) in [5.41, 5.74) is 0. The first kappa shape index (κ1) is 21.4. The van der Waals surface area contributed by atoms with E-state index in [1.165, 1.54) is 25.7 Å². The van der Waals surface area contributed by atoms with Gasteiger partial charge in [0.05, 0.1) is 12.3 Å². The summed E-state index contributed by atoms with van der Waals surface area (Å²) >= 11 is 0. The fourth-order valence-electron chi connectivity index (χ4n) is 3.82. The second-order valence-electron chi connectivity index (χ2n) is 7.40. The number of sulfonamides is 1. The number of guanidine groups is 1. The molecule has 0 aromatic carbocycles. The molecular weight excluding hydrogens is 350 g/mol. The normalized spacial score (nSPS) is 21.5. The Labute approximate surface area is 159 Å². The minimum absolute atomic E-state index is 0.184. The van der Waals surface area contributed by atoms with Gasteiger partial charge in [0.1, 0.15) is 0 Å². The van der Waals surface area contributed by atoms with Crippen LogP contribution in [0.4, 0.5) is 0 Å². The number of nitrogens with zero attached hydrogens (tertiary/aromatic N) is 3. The van der Waals surface area contributed by atoms with Crippen LogP contribution >= 0.6 is 0 Å². The fraction of sp³-hybridized carbons (Fsp3) is 0.944. The van der Waals surface area contributed by atoms with Gasteiger partial charge < -0.3 is 15.5 Å². The molecule has 8 heteroatoms. The molecule has 1 aliphatic heterocycles. The first-order valence-corrected chi connectivity index (χ1v) is 11.8. The van der Waals surface area contributed by atoms with E-state index in [4.69, 9.17) is 4.99 Å². The van der Waals surface area contributed by atoms with Crippen LogP contribution in [0.3, 0.4) is 0 Å². The maximum Gasteiger partial charge on any atom is 0.213 e. The quantitative estimate of drug-likeness (QED) is 0.484. The number of piperidine rings is 1. The highest BCUT2D eigenvalue weighted by molar-refractivity contribution is 7.89. The predicted molar refractivity (Wildman–Crippen MR) is 108 cm³/mol. The molecule has 1 saturated heterocycles. The predicted octanol–water partition coefficient (Wildman–Crippen LogP) is 1.23. The van der Waals surface area contributed by atoms with Gasteiger partial charge in [-0.25, -0.2) is 12.7 Å². The number of aliphatic imine (C=N–C) groups is 1. The summed E-state index contributed by atoms with van der Waals surface area (Å²) < 4.78 is 25.5. The van der Waals surface area contributed by atoms with Crippen LogP contribution in [-0.4, -0.2) is 81.2 Å². The zero-order valence-corrected chi connectivity index (χ0v) is 17.5. The number of likely N-dealkylation sites (N-methyl/N-ethyl adjacent to an activating group) is 1. The summed E-state index contributed by atoms with van der Waals surface area (Å²) in [5, 5.41) is 6.80. The van der Waals surface area contributed by atoms with Crippen molar-refractivity contribution in [1.82, 2.24) is 19.8 Å². The number of hydrogen-bond donors (Lipinski definition) is 2. The number of rotatable bonds is 8. The van der Waals surface area contributed by atoms with E-state index < -0.39 is 10.0 Å². The molecule has 2 fully saturated rings. The standard InChI is InChI=1S/C18H37N5O2S/c1-4-19-18(20-12-15-22(3)17-8-6-7-9-17)21-16-10-13-23(14-11-16)26(24,25)5-2/h16-17H,4-15H2,1-3H3,(H2,19,20,21). The SMILES string of the molecule is CCNC(=NCCN(C)C1CCCC1)NC1CCN(S(=O)(=O)CC)CC1. The Bertz CT molecular complexity index is 538. The molecule has 2 rings (SSSR count). The molecule has 0 bridgehead atoms. The van der Waals surface area contributed by atoms with Gasteiger partial charge in [-0.1, -0.05) is 12.8 Å². The van der Waals surface area contributed by atoms with Gasteiger partial charge in [0.15, 0.2) is 5.96 Å². The minimum Gasteiger partial charge on any atom is -0.357 e. The zero-order chi connectivity index (χ0) is 19.0. The zero-order valence-electron chi connectivity index (χ0n) is 16.7. The number of nitrogens with one attached hydrogen (secondary N) is 2. The highest BCUT2D eigenvalue weighted by atomic mass is 32.2. The molecule has 1 aliphatic carbocycles.